The minimum Gasteiger partial charge on any atom is -0.0651 e. The van der Waals surface area contributed by atoms with Gasteiger partial charge in [0.25, 0.3) is 0 Å². The van der Waals surface area contributed by atoms with Gasteiger partial charge in [0.2, 0.25) is 0 Å². The van der Waals surface area contributed by atoms with Crippen LogP contribution in [0.3, 0.4) is 0 Å². The van der Waals surface area contributed by atoms with Gasteiger partial charge >= 0.3 is 0 Å². The third-order valence-corrected chi connectivity index (χ3v) is 4.92. The molecule has 0 N–H and O–H groups in total. The molecule has 0 aromatic carbocycles. The molecule has 12 heavy (non-hydrogen) atoms. The molecule has 0 aliphatic heterocycles. The fourth-order valence-corrected chi connectivity index (χ4v) is 3.89. The Hall–Kier alpha value is 0. The lowest BCUT2D eigenvalue weighted by Gasteiger charge is -2.62. The summed E-state index contributed by atoms with van der Waals surface area (Å²) in [7, 11) is 0. The van der Waals surface area contributed by atoms with E-state index in [1.807, 2.05) is 0 Å². The lowest BCUT2D eigenvalue weighted by molar-refractivity contribution is -0.131. The SMILES string of the molecule is CC[C@H]1[C@@H](C)C[C@H]2C[C@@H]1C2(C)C. The Balaban J connectivity index is 2.15. The van der Waals surface area contributed by atoms with Crippen molar-refractivity contribution in [2.45, 2.75) is 47.0 Å². The van der Waals surface area contributed by atoms with E-state index in [0.717, 1.165) is 23.7 Å². The Kier molecular flexibility index (Phi) is 1.79. The summed E-state index contributed by atoms with van der Waals surface area (Å²) in [6.07, 6.45) is 4.44. The van der Waals surface area contributed by atoms with Crippen LogP contribution < -0.4 is 0 Å². The molecule has 0 saturated heterocycles. The molecule has 3 rings (SSSR count). The van der Waals surface area contributed by atoms with Gasteiger partial charge in [0, 0.05) is 0 Å². The van der Waals surface area contributed by atoms with Gasteiger partial charge in [-0.3, -0.25) is 0 Å². The summed E-state index contributed by atoms with van der Waals surface area (Å²) < 4.78 is 0. The molecule has 0 nitrogen and oxygen atoms in total. The van der Waals surface area contributed by atoms with Crippen molar-refractivity contribution in [2.75, 3.05) is 0 Å². The normalized spacial score (nSPS) is 50.0. The Labute approximate surface area is 76.7 Å². The second-order valence-electron chi connectivity index (χ2n) is 5.65. The largest absolute Gasteiger partial charge is 0.0651 e. The fraction of sp³-hybridized carbons (Fsp3) is 1.00. The Morgan fingerprint density at radius 1 is 1.25 bits per heavy atom. The summed E-state index contributed by atoms with van der Waals surface area (Å²) in [4.78, 5) is 0. The van der Waals surface area contributed by atoms with Crippen LogP contribution in [0.4, 0.5) is 0 Å². The van der Waals surface area contributed by atoms with E-state index in [1.54, 1.807) is 0 Å². The van der Waals surface area contributed by atoms with Gasteiger partial charge in [0.05, 0.1) is 0 Å². The molecule has 3 aliphatic rings. The summed E-state index contributed by atoms with van der Waals surface area (Å²) >= 11 is 0. The Morgan fingerprint density at radius 2 is 1.92 bits per heavy atom. The molecule has 0 unspecified atom stereocenters. The first-order valence-corrected chi connectivity index (χ1v) is 5.57. The molecule has 0 amide bonds. The molecule has 2 bridgehead atoms. The smallest absolute Gasteiger partial charge is 0.0295 e. The zero-order valence-electron chi connectivity index (χ0n) is 8.93. The predicted octanol–water partition coefficient (Wildman–Crippen LogP) is 3.71. The molecule has 3 aliphatic carbocycles. The van der Waals surface area contributed by atoms with Crippen LogP contribution in [0.15, 0.2) is 0 Å². The van der Waals surface area contributed by atoms with E-state index in [9.17, 15) is 0 Å². The lowest BCUT2D eigenvalue weighted by atomic mass is 9.43. The van der Waals surface area contributed by atoms with E-state index in [4.69, 9.17) is 0 Å². The number of rotatable bonds is 1. The van der Waals surface area contributed by atoms with E-state index in [-0.39, 0.29) is 0 Å². The minimum absolute atomic E-state index is 0.688. The summed E-state index contributed by atoms with van der Waals surface area (Å²) in [5, 5.41) is 0. The molecule has 3 fully saturated rings. The first-order valence-electron chi connectivity index (χ1n) is 5.57. The maximum atomic E-state index is 2.49. The van der Waals surface area contributed by atoms with Crippen molar-refractivity contribution < 1.29 is 0 Å². The van der Waals surface area contributed by atoms with Crippen LogP contribution in [0.5, 0.6) is 0 Å². The van der Waals surface area contributed by atoms with Crippen molar-refractivity contribution in [3.63, 3.8) is 0 Å². The molecule has 70 valence electrons. The van der Waals surface area contributed by atoms with E-state index < -0.39 is 0 Å². The minimum atomic E-state index is 0.688. The third-order valence-electron chi connectivity index (χ3n) is 4.92. The van der Waals surface area contributed by atoms with Gasteiger partial charge in [-0.1, -0.05) is 34.1 Å². The number of fused-ring (bicyclic) bond motifs is 2. The average Bonchev–Trinajstić information content (AvgIpc) is 2.03. The van der Waals surface area contributed by atoms with Crippen LogP contribution in [-0.4, -0.2) is 0 Å². The quantitative estimate of drug-likeness (QED) is 0.557. The Bertz CT molecular complexity index is 180. The molecule has 0 radical (unpaired) electrons. The highest BCUT2D eigenvalue weighted by atomic mass is 14.6. The molecular weight excluding hydrogens is 144 g/mol. The van der Waals surface area contributed by atoms with Crippen LogP contribution >= 0.6 is 0 Å². The van der Waals surface area contributed by atoms with Crippen molar-refractivity contribution in [3.8, 4) is 0 Å². The van der Waals surface area contributed by atoms with Gasteiger partial charge in [-0.05, 0) is 41.9 Å². The summed E-state index contributed by atoms with van der Waals surface area (Å²) in [5.41, 5.74) is 0.688. The van der Waals surface area contributed by atoms with Crippen LogP contribution in [0.1, 0.15) is 47.0 Å². The van der Waals surface area contributed by atoms with Gasteiger partial charge in [-0.2, -0.15) is 0 Å². The van der Waals surface area contributed by atoms with Gasteiger partial charge in [0.1, 0.15) is 0 Å². The second-order valence-corrected chi connectivity index (χ2v) is 5.65. The van der Waals surface area contributed by atoms with Crippen LogP contribution in [0.25, 0.3) is 0 Å². The van der Waals surface area contributed by atoms with Crippen molar-refractivity contribution in [1.82, 2.24) is 0 Å². The highest BCUT2D eigenvalue weighted by molar-refractivity contribution is 5.04. The molecule has 0 heterocycles. The van der Waals surface area contributed by atoms with Crippen molar-refractivity contribution >= 4 is 0 Å². The first kappa shape index (κ1) is 8.59. The molecule has 0 aromatic heterocycles. The van der Waals surface area contributed by atoms with Gasteiger partial charge < -0.3 is 0 Å². The number of hydrogen-bond acceptors (Lipinski definition) is 0. The second kappa shape index (κ2) is 2.49. The molecule has 0 heteroatoms. The zero-order valence-corrected chi connectivity index (χ0v) is 8.93. The molecule has 4 atom stereocenters. The molecule has 0 spiro atoms. The van der Waals surface area contributed by atoms with Crippen molar-refractivity contribution in [3.05, 3.63) is 0 Å². The van der Waals surface area contributed by atoms with Gasteiger partial charge in [0.15, 0.2) is 0 Å². The van der Waals surface area contributed by atoms with E-state index >= 15 is 0 Å². The highest BCUT2D eigenvalue weighted by Gasteiger charge is 2.55. The highest BCUT2D eigenvalue weighted by Crippen LogP contribution is 2.63. The fourth-order valence-electron chi connectivity index (χ4n) is 3.89. The summed E-state index contributed by atoms with van der Waals surface area (Å²) in [6, 6.07) is 0. The van der Waals surface area contributed by atoms with E-state index in [0.29, 0.717) is 5.41 Å². The zero-order chi connectivity index (χ0) is 8.93. The van der Waals surface area contributed by atoms with Crippen molar-refractivity contribution in [1.29, 1.82) is 0 Å². The van der Waals surface area contributed by atoms with E-state index in [2.05, 4.69) is 27.7 Å². The monoisotopic (exact) mass is 166 g/mol. The van der Waals surface area contributed by atoms with Gasteiger partial charge in [-0.25, -0.2) is 0 Å². The van der Waals surface area contributed by atoms with Crippen LogP contribution in [0.2, 0.25) is 0 Å². The summed E-state index contributed by atoms with van der Waals surface area (Å²) in [5.74, 6) is 4.15. The topological polar surface area (TPSA) is 0 Å². The van der Waals surface area contributed by atoms with Crippen LogP contribution in [0, 0.1) is 29.1 Å². The van der Waals surface area contributed by atoms with Crippen molar-refractivity contribution in [2.24, 2.45) is 29.1 Å². The summed E-state index contributed by atoms with van der Waals surface area (Å²) in [6.45, 7) is 9.80. The third kappa shape index (κ3) is 0.900. The van der Waals surface area contributed by atoms with Crippen LogP contribution in [-0.2, 0) is 0 Å². The maximum Gasteiger partial charge on any atom is -0.0295 e. The van der Waals surface area contributed by atoms with E-state index in [1.165, 1.54) is 19.3 Å². The lowest BCUT2D eigenvalue weighted by Crippen LogP contribution is -2.54. The van der Waals surface area contributed by atoms with Gasteiger partial charge in [-0.15, -0.1) is 0 Å². The first-order chi connectivity index (χ1) is 5.57. The predicted molar refractivity (Wildman–Crippen MR) is 52.9 cm³/mol. The average molecular weight is 166 g/mol. The number of hydrogen-bond donors (Lipinski definition) is 0. The molecular formula is C12H22. The standard InChI is InChI=1S/C12H22/c1-5-10-8(2)6-9-7-11(10)12(9,3)4/h8-11H,5-7H2,1-4H3/t8-,9-,10-,11-/m0/s1. The molecule has 3 saturated carbocycles. The maximum absolute atomic E-state index is 2.49. The molecule has 0 aromatic rings. The Morgan fingerprint density at radius 3 is 2.33 bits per heavy atom.